The first kappa shape index (κ1) is 14.3. The van der Waals surface area contributed by atoms with E-state index in [0.29, 0.717) is 32.4 Å². The molecule has 0 aromatic heterocycles. The van der Waals surface area contributed by atoms with Crippen molar-refractivity contribution in [2.24, 2.45) is 5.41 Å². The van der Waals surface area contributed by atoms with Gasteiger partial charge in [0.05, 0.1) is 11.7 Å². The Labute approximate surface area is 115 Å². The molecule has 0 aromatic carbocycles. The van der Waals surface area contributed by atoms with Crippen molar-refractivity contribution in [3.05, 3.63) is 0 Å². The molecule has 1 saturated carbocycles. The summed E-state index contributed by atoms with van der Waals surface area (Å²) in [5.41, 5.74) is -1.45. The second-order valence-corrected chi connectivity index (χ2v) is 6.40. The molecule has 19 heavy (non-hydrogen) atoms. The van der Waals surface area contributed by atoms with Gasteiger partial charge in [-0.3, -0.25) is 4.79 Å². The Hall–Kier alpha value is -1.08. The van der Waals surface area contributed by atoms with Gasteiger partial charge in [0.1, 0.15) is 5.41 Å². The monoisotopic (exact) mass is 264 g/mol. The number of nitrogens with zero attached hydrogens (tertiary/aromatic N) is 2. The Morgan fingerprint density at radius 1 is 1.11 bits per heavy atom. The minimum Gasteiger partial charge on any atom is -0.390 e. The third-order valence-electron chi connectivity index (χ3n) is 4.68. The molecule has 0 spiro atoms. The Morgan fingerprint density at radius 3 is 2.42 bits per heavy atom. The molecule has 2 fully saturated rings. The lowest BCUT2D eigenvalue weighted by atomic mass is 9.74. The van der Waals surface area contributed by atoms with Crippen molar-refractivity contribution in [2.45, 2.75) is 63.9 Å². The molecule has 0 bridgehead atoms. The van der Waals surface area contributed by atoms with Gasteiger partial charge in [-0.15, -0.1) is 0 Å². The molecular formula is C15H24N2O2. The van der Waals surface area contributed by atoms with Crippen LogP contribution in [0.5, 0.6) is 0 Å². The average Bonchev–Trinajstić information content (AvgIpc) is 2.59. The van der Waals surface area contributed by atoms with E-state index in [2.05, 4.69) is 6.07 Å². The molecule has 106 valence electrons. The van der Waals surface area contributed by atoms with E-state index in [1.165, 1.54) is 0 Å². The predicted octanol–water partition coefficient (Wildman–Crippen LogP) is 2.22. The van der Waals surface area contributed by atoms with E-state index < -0.39 is 11.0 Å². The number of carbonyl (C=O) groups is 1. The molecule has 4 nitrogen and oxygen atoms in total. The number of likely N-dealkylation sites (tertiary alicyclic amines) is 1. The van der Waals surface area contributed by atoms with Crippen molar-refractivity contribution >= 4 is 5.91 Å². The zero-order valence-corrected chi connectivity index (χ0v) is 11.8. The predicted molar refractivity (Wildman–Crippen MR) is 72.2 cm³/mol. The first-order chi connectivity index (χ1) is 8.99. The number of aliphatic hydroxyl groups is 1. The smallest absolute Gasteiger partial charge is 0.243 e. The van der Waals surface area contributed by atoms with E-state index in [1.807, 2.05) is 11.8 Å². The fraction of sp³-hybridized carbons (Fsp3) is 0.867. The zero-order valence-electron chi connectivity index (χ0n) is 11.8. The molecule has 4 heteroatoms. The van der Waals surface area contributed by atoms with Crippen LogP contribution in [0.3, 0.4) is 0 Å². The van der Waals surface area contributed by atoms with Crippen LogP contribution in [0, 0.1) is 16.7 Å². The molecule has 2 rings (SSSR count). The van der Waals surface area contributed by atoms with Gasteiger partial charge in [0.2, 0.25) is 5.91 Å². The SMILES string of the molecule is CC1(O)CCCN(C(=O)C2(C#N)CCCCC2)CC1. The van der Waals surface area contributed by atoms with Gasteiger partial charge in [0.15, 0.2) is 0 Å². The maximum Gasteiger partial charge on any atom is 0.243 e. The molecule has 1 heterocycles. The lowest BCUT2D eigenvalue weighted by Crippen LogP contribution is -2.45. The highest BCUT2D eigenvalue weighted by Gasteiger charge is 2.43. The molecule has 1 unspecified atom stereocenters. The Balaban J connectivity index is 2.08. The van der Waals surface area contributed by atoms with Crippen LogP contribution in [0.25, 0.3) is 0 Å². The van der Waals surface area contributed by atoms with Crippen LogP contribution < -0.4 is 0 Å². The van der Waals surface area contributed by atoms with E-state index >= 15 is 0 Å². The minimum atomic E-state index is -0.783. The molecule has 0 radical (unpaired) electrons. The Bertz CT molecular complexity index is 378. The van der Waals surface area contributed by atoms with Crippen molar-refractivity contribution in [2.75, 3.05) is 13.1 Å². The maximum atomic E-state index is 12.7. The molecule has 2 aliphatic rings. The molecule has 1 aliphatic heterocycles. The van der Waals surface area contributed by atoms with E-state index in [0.717, 1.165) is 32.1 Å². The van der Waals surface area contributed by atoms with E-state index in [1.54, 1.807) is 0 Å². The second-order valence-electron chi connectivity index (χ2n) is 6.40. The van der Waals surface area contributed by atoms with Crippen molar-refractivity contribution < 1.29 is 9.90 Å². The van der Waals surface area contributed by atoms with Crippen LogP contribution >= 0.6 is 0 Å². The quantitative estimate of drug-likeness (QED) is 0.790. The van der Waals surface area contributed by atoms with Crippen molar-refractivity contribution in [3.63, 3.8) is 0 Å². The highest BCUT2D eigenvalue weighted by atomic mass is 16.3. The first-order valence-electron chi connectivity index (χ1n) is 7.42. The number of rotatable bonds is 1. The van der Waals surface area contributed by atoms with Crippen molar-refractivity contribution in [3.8, 4) is 6.07 Å². The van der Waals surface area contributed by atoms with Gasteiger partial charge in [-0.1, -0.05) is 19.3 Å². The summed E-state index contributed by atoms with van der Waals surface area (Å²) < 4.78 is 0. The third kappa shape index (κ3) is 3.09. The highest BCUT2D eigenvalue weighted by molar-refractivity contribution is 5.85. The van der Waals surface area contributed by atoms with E-state index in [4.69, 9.17) is 0 Å². The summed E-state index contributed by atoms with van der Waals surface area (Å²) in [4.78, 5) is 14.5. The summed E-state index contributed by atoms with van der Waals surface area (Å²) in [5, 5.41) is 19.6. The van der Waals surface area contributed by atoms with Gasteiger partial charge >= 0.3 is 0 Å². The number of amides is 1. The van der Waals surface area contributed by atoms with Gasteiger partial charge in [-0.2, -0.15) is 5.26 Å². The number of carbonyl (C=O) groups excluding carboxylic acids is 1. The zero-order chi connectivity index (χ0) is 13.9. The number of nitriles is 1. The third-order valence-corrected chi connectivity index (χ3v) is 4.68. The van der Waals surface area contributed by atoms with Gasteiger partial charge in [0, 0.05) is 13.1 Å². The molecule has 1 saturated heterocycles. The topological polar surface area (TPSA) is 64.3 Å². The summed E-state index contributed by atoms with van der Waals surface area (Å²) in [7, 11) is 0. The normalized spacial score (nSPS) is 31.3. The molecular weight excluding hydrogens is 240 g/mol. The Morgan fingerprint density at radius 2 is 1.79 bits per heavy atom. The van der Waals surface area contributed by atoms with Gasteiger partial charge in [-0.05, 0) is 39.0 Å². The number of hydrogen-bond acceptors (Lipinski definition) is 3. The summed E-state index contributed by atoms with van der Waals surface area (Å²) in [6.07, 6.45) is 6.66. The average molecular weight is 264 g/mol. The molecule has 1 atom stereocenters. The van der Waals surface area contributed by atoms with Crippen LogP contribution in [-0.2, 0) is 4.79 Å². The standard InChI is InChI=1S/C15H24N2O2/c1-14(19)6-5-10-17(11-9-14)13(18)15(12-16)7-3-2-4-8-15/h19H,2-11H2,1H3. The lowest BCUT2D eigenvalue weighted by molar-refractivity contribution is -0.140. The van der Waals surface area contributed by atoms with Crippen molar-refractivity contribution in [1.29, 1.82) is 5.26 Å². The molecule has 1 amide bonds. The fourth-order valence-electron chi connectivity index (χ4n) is 3.30. The van der Waals surface area contributed by atoms with Gasteiger partial charge in [-0.25, -0.2) is 0 Å². The maximum absolute atomic E-state index is 12.7. The molecule has 1 N–H and O–H groups in total. The van der Waals surface area contributed by atoms with Crippen LogP contribution in [0.15, 0.2) is 0 Å². The summed E-state index contributed by atoms with van der Waals surface area (Å²) in [5.74, 6) is 0.00685. The largest absolute Gasteiger partial charge is 0.390 e. The van der Waals surface area contributed by atoms with Crippen molar-refractivity contribution in [1.82, 2.24) is 4.90 Å². The summed E-state index contributed by atoms with van der Waals surface area (Å²) >= 11 is 0. The summed E-state index contributed by atoms with van der Waals surface area (Å²) in [6, 6.07) is 2.30. The van der Waals surface area contributed by atoms with Crippen LogP contribution in [0.4, 0.5) is 0 Å². The second kappa shape index (κ2) is 5.50. The Kier molecular flexibility index (Phi) is 4.15. The highest BCUT2D eigenvalue weighted by Crippen LogP contribution is 2.38. The first-order valence-corrected chi connectivity index (χ1v) is 7.42. The van der Waals surface area contributed by atoms with E-state index in [-0.39, 0.29) is 5.91 Å². The minimum absolute atomic E-state index is 0.00685. The molecule has 1 aliphatic carbocycles. The van der Waals surface area contributed by atoms with Crippen LogP contribution in [0.1, 0.15) is 58.3 Å². The summed E-state index contributed by atoms with van der Waals surface area (Å²) in [6.45, 7) is 3.09. The molecule has 0 aromatic rings. The van der Waals surface area contributed by atoms with Crippen LogP contribution in [0.2, 0.25) is 0 Å². The lowest BCUT2D eigenvalue weighted by Gasteiger charge is -2.34. The van der Waals surface area contributed by atoms with Gasteiger partial charge < -0.3 is 10.0 Å². The fourth-order valence-corrected chi connectivity index (χ4v) is 3.30. The van der Waals surface area contributed by atoms with E-state index in [9.17, 15) is 15.2 Å². The number of hydrogen-bond donors (Lipinski definition) is 1. The van der Waals surface area contributed by atoms with Crippen LogP contribution in [-0.4, -0.2) is 34.6 Å². The van der Waals surface area contributed by atoms with Gasteiger partial charge in [0.25, 0.3) is 0 Å².